The summed E-state index contributed by atoms with van der Waals surface area (Å²) in [5.74, 6) is -1.22. The molecule has 5 nitrogen and oxygen atoms in total. The number of aromatic carboxylic acids is 1. The first-order valence-electron chi connectivity index (χ1n) is 2.51. The molecule has 0 aliphatic carbocycles. The zero-order valence-electron chi connectivity index (χ0n) is 5.39. The third kappa shape index (κ3) is 2.15. The van der Waals surface area contributed by atoms with Gasteiger partial charge in [0, 0.05) is 12.4 Å². The van der Waals surface area contributed by atoms with Gasteiger partial charge in [-0.1, -0.05) is 0 Å². The SMILES string of the molecule is Br.Nc1nccnc1C(=O)O. The number of rotatable bonds is 1. The number of anilines is 1. The minimum Gasteiger partial charge on any atom is -0.476 e. The second kappa shape index (κ2) is 3.87. The Morgan fingerprint density at radius 1 is 1.45 bits per heavy atom. The molecule has 3 N–H and O–H groups in total. The Morgan fingerprint density at radius 3 is 2.36 bits per heavy atom. The van der Waals surface area contributed by atoms with Gasteiger partial charge in [-0.05, 0) is 0 Å². The van der Waals surface area contributed by atoms with Crippen molar-refractivity contribution in [2.75, 3.05) is 5.73 Å². The van der Waals surface area contributed by atoms with Gasteiger partial charge in [0.15, 0.2) is 11.5 Å². The summed E-state index contributed by atoms with van der Waals surface area (Å²) in [7, 11) is 0. The molecule has 0 aromatic carbocycles. The quantitative estimate of drug-likeness (QED) is 0.711. The molecule has 1 aromatic heterocycles. The molecular formula is C5H6BrN3O2. The van der Waals surface area contributed by atoms with Gasteiger partial charge in [-0.3, -0.25) is 0 Å². The number of hydrogen-bond donors (Lipinski definition) is 2. The van der Waals surface area contributed by atoms with Gasteiger partial charge in [0.1, 0.15) is 0 Å². The first kappa shape index (κ1) is 9.83. The van der Waals surface area contributed by atoms with Crippen LogP contribution in [0.2, 0.25) is 0 Å². The molecule has 1 rings (SSSR count). The normalized spacial score (nSPS) is 8.36. The molecule has 0 fully saturated rings. The van der Waals surface area contributed by atoms with Gasteiger partial charge in [0.2, 0.25) is 0 Å². The summed E-state index contributed by atoms with van der Waals surface area (Å²) in [5, 5.41) is 8.38. The second-order valence-electron chi connectivity index (χ2n) is 1.60. The van der Waals surface area contributed by atoms with Crippen LogP contribution in [0.1, 0.15) is 10.5 Å². The lowest BCUT2D eigenvalue weighted by molar-refractivity contribution is 0.0691. The first-order chi connectivity index (χ1) is 4.72. The Bertz CT molecular complexity index is 266. The van der Waals surface area contributed by atoms with Crippen LogP contribution in [-0.2, 0) is 0 Å². The van der Waals surface area contributed by atoms with E-state index in [2.05, 4.69) is 9.97 Å². The van der Waals surface area contributed by atoms with Crippen LogP contribution in [0.4, 0.5) is 5.82 Å². The molecule has 1 aromatic rings. The molecule has 1 heterocycles. The van der Waals surface area contributed by atoms with E-state index in [1.807, 2.05) is 0 Å². The Hall–Kier alpha value is -1.17. The molecule has 0 aliphatic heterocycles. The van der Waals surface area contributed by atoms with Crippen molar-refractivity contribution in [1.29, 1.82) is 0 Å². The predicted octanol–water partition coefficient (Wildman–Crippen LogP) is 0.335. The van der Waals surface area contributed by atoms with Crippen LogP contribution in [0.5, 0.6) is 0 Å². The summed E-state index contributed by atoms with van der Waals surface area (Å²) in [6, 6.07) is 0. The number of aromatic nitrogens is 2. The Morgan fingerprint density at radius 2 is 2.00 bits per heavy atom. The Balaban J connectivity index is 0.000001000. The topological polar surface area (TPSA) is 89.1 Å². The third-order valence-electron chi connectivity index (χ3n) is 0.929. The maximum absolute atomic E-state index is 10.2. The van der Waals surface area contributed by atoms with Crippen LogP contribution in [0.15, 0.2) is 12.4 Å². The lowest BCUT2D eigenvalue weighted by Crippen LogP contribution is -2.06. The van der Waals surface area contributed by atoms with Gasteiger partial charge >= 0.3 is 5.97 Å². The van der Waals surface area contributed by atoms with Crippen molar-refractivity contribution in [2.24, 2.45) is 0 Å². The number of halogens is 1. The van der Waals surface area contributed by atoms with Gasteiger partial charge in [0.05, 0.1) is 0 Å². The van der Waals surface area contributed by atoms with Crippen LogP contribution in [0.25, 0.3) is 0 Å². The number of nitrogen functional groups attached to an aromatic ring is 1. The van der Waals surface area contributed by atoms with E-state index in [1.165, 1.54) is 12.4 Å². The smallest absolute Gasteiger partial charge is 0.358 e. The monoisotopic (exact) mass is 219 g/mol. The molecule has 0 saturated heterocycles. The van der Waals surface area contributed by atoms with Crippen molar-refractivity contribution in [2.45, 2.75) is 0 Å². The molecular weight excluding hydrogens is 214 g/mol. The fraction of sp³-hybridized carbons (Fsp3) is 0. The van der Waals surface area contributed by atoms with Crippen LogP contribution in [0.3, 0.4) is 0 Å². The Kier molecular flexibility index (Phi) is 3.46. The van der Waals surface area contributed by atoms with Crippen molar-refractivity contribution in [3.05, 3.63) is 18.1 Å². The summed E-state index contributed by atoms with van der Waals surface area (Å²) in [4.78, 5) is 17.3. The number of carbonyl (C=O) groups is 1. The lowest BCUT2D eigenvalue weighted by Gasteiger charge is -1.94. The molecule has 0 atom stereocenters. The number of carboxylic acids is 1. The van der Waals surface area contributed by atoms with Crippen molar-refractivity contribution in [3.63, 3.8) is 0 Å². The summed E-state index contributed by atoms with van der Waals surface area (Å²) < 4.78 is 0. The predicted molar refractivity (Wildman–Crippen MR) is 43.7 cm³/mol. The third-order valence-corrected chi connectivity index (χ3v) is 0.929. The number of nitrogens with zero attached hydrogens (tertiary/aromatic N) is 2. The number of carboxylic acid groups (broad SMARTS) is 1. The summed E-state index contributed by atoms with van der Waals surface area (Å²) in [6.45, 7) is 0. The van der Waals surface area contributed by atoms with E-state index >= 15 is 0 Å². The highest BCUT2D eigenvalue weighted by atomic mass is 79.9. The van der Waals surface area contributed by atoms with Crippen molar-refractivity contribution in [1.82, 2.24) is 9.97 Å². The molecule has 0 radical (unpaired) electrons. The fourth-order valence-electron chi connectivity index (χ4n) is 0.514. The Labute approximate surface area is 73.0 Å². The van der Waals surface area contributed by atoms with Crippen LogP contribution < -0.4 is 5.73 Å². The minimum atomic E-state index is -1.16. The maximum Gasteiger partial charge on any atom is 0.358 e. The van der Waals surface area contributed by atoms with E-state index in [-0.39, 0.29) is 28.5 Å². The van der Waals surface area contributed by atoms with E-state index in [0.717, 1.165) is 0 Å². The van der Waals surface area contributed by atoms with E-state index < -0.39 is 5.97 Å². The molecule has 0 amide bonds. The minimum absolute atomic E-state index is 0. The van der Waals surface area contributed by atoms with Gasteiger partial charge in [-0.15, -0.1) is 17.0 Å². The highest BCUT2D eigenvalue weighted by Crippen LogP contribution is 2.00. The van der Waals surface area contributed by atoms with Crippen molar-refractivity contribution < 1.29 is 9.90 Å². The molecule has 0 aliphatic rings. The maximum atomic E-state index is 10.2. The van der Waals surface area contributed by atoms with E-state index in [1.54, 1.807) is 0 Å². The molecule has 0 bridgehead atoms. The largest absolute Gasteiger partial charge is 0.476 e. The van der Waals surface area contributed by atoms with Gasteiger partial charge in [0.25, 0.3) is 0 Å². The zero-order chi connectivity index (χ0) is 7.56. The van der Waals surface area contributed by atoms with Crippen molar-refractivity contribution in [3.8, 4) is 0 Å². The average molecular weight is 220 g/mol. The van der Waals surface area contributed by atoms with E-state index in [9.17, 15) is 4.79 Å². The van der Waals surface area contributed by atoms with Crippen LogP contribution >= 0.6 is 17.0 Å². The van der Waals surface area contributed by atoms with E-state index in [4.69, 9.17) is 10.8 Å². The molecule has 0 saturated carbocycles. The van der Waals surface area contributed by atoms with Gasteiger partial charge in [-0.25, -0.2) is 14.8 Å². The molecule has 11 heavy (non-hydrogen) atoms. The van der Waals surface area contributed by atoms with Gasteiger partial charge in [-0.2, -0.15) is 0 Å². The number of hydrogen-bond acceptors (Lipinski definition) is 4. The van der Waals surface area contributed by atoms with Crippen molar-refractivity contribution >= 4 is 28.8 Å². The molecule has 0 unspecified atom stereocenters. The summed E-state index contributed by atoms with van der Waals surface area (Å²) >= 11 is 0. The number of nitrogens with two attached hydrogens (primary N) is 1. The molecule has 6 heteroatoms. The first-order valence-corrected chi connectivity index (χ1v) is 2.51. The van der Waals surface area contributed by atoms with Crippen LogP contribution in [0, 0.1) is 0 Å². The zero-order valence-corrected chi connectivity index (χ0v) is 7.10. The summed E-state index contributed by atoms with van der Waals surface area (Å²) in [5.41, 5.74) is 4.96. The highest BCUT2D eigenvalue weighted by Gasteiger charge is 2.07. The van der Waals surface area contributed by atoms with E-state index in [0.29, 0.717) is 0 Å². The van der Waals surface area contributed by atoms with Gasteiger partial charge < -0.3 is 10.8 Å². The second-order valence-corrected chi connectivity index (χ2v) is 1.60. The highest BCUT2D eigenvalue weighted by molar-refractivity contribution is 8.93. The molecule has 60 valence electrons. The average Bonchev–Trinajstić information content (AvgIpc) is 1.88. The molecule has 0 spiro atoms. The fourth-order valence-corrected chi connectivity index (χ4v) is 0.514. The standard InChI is InChI=1S/C5H5N3O2.BrH/c6-4-3(5(9)10)7-1-2-8-4;/h1-2H,(H2,6,8)(H,9,10);1H. The summed E-state index contributed by atoms with van der Waals surface area (Å²) in [6.07, 6.45) is 2.61. The lowest BCUT2D eigenvalue weighted by atomic mass is 10.4. The van der Waals surface area contributed by atoms with Crippen LogP contribution in [-0.4, -0.2) is 21.0 Å².